The molecule has 114 valence electrons. The van der Waals surface area contributed by atoms with Gasteiger partial charge in [-0.2, -0.15) is 4.39 Å². The Morgan fingerprint density at radius 1 is 1.04 bits per heavy atom. The normalized spacial score (nSPS) is 12.6. The van der Waals surface area contributed by atoms with Crippen LogP contribution in [0.2, 0.25) is 0 Å². The Bertz CT molecular complexity index is 966. The van der Waals surface area contributed by atoms with Crippen molar-refractivity contribution in [3.63, 3.8) is 0 Å². The number of phenolic OH excluding ortho intramolecular Hbond substituents is 1. The number of nitrogens with zero attached hydrogens (tertiary/aromatic N) is 1. The van der Waals surface area contributed by atoms with E-state index < -0.39 is 6.36 Å². The second kappa shape index (κ2) is 5.52. The number of para-hydroxylation sites is 1. The molecule has 23 heavy (non-hydrogen) atoms. The zero-order chi connectivity index (χ0) is 15.8. The van der Waals surface area contributed by atoms with Gasteiger partial charge in [0.1, 0.15) is 11.5 Å². The van der Waals surface area contributed by atoms with E-state index in [-0.39, 0.29) is 10.8 Å². The number of benzene rings is 3. The molecule has 0 amide bonds. The summed E-state index contributed by atoms with van der Waals surface area (Å²) in [5, 5.41) is 11.7. The molecule has 0 fully saturated rings. The molecule has 0 bridgehead atoms. The van der Waals surface area contributed by atoms with Crippen LogP contribution in [0.1, 0.15) is 11.4 Å². The van der Waals surface area contributed by atoms with Crippen LogP contribution in [0.4, 0.5) is 4.39 Å². The second-order valence-corrected chi connectivity index (χ2v) is 6.18. The van der Waals surface area contributed by atoms with Crippen molar-refractivity contribution in [2.24, 2.45) is 0 Å². The molecule has 0 saturated carbocycles. The van der Waals surface area contributed by atoms with E-state index in [1.165, 1.54) is 11.3 Å². The van der Waals surface area contributed by atoms with Gasteiger partial charge in [-0.1, -0.05) is 30.3 Å². The quantitative estimate of drug-likeness (QED) is 0.563. The van der Waals surface area contributed by atoms with Crippen molar-refractivity contribution < 1.29 is 14.2 Å². The first-order valence-electron chi connectivity index (χ1n) is 7.09. The van der Waals surface area contributed by atoms with Crippen LogP contribution in [-0.4, -0.2) is 10.1 Å². The molecule has 1 heterocycles. The fourth-order valence-electron chi connectivity index (χ4n) is 2.47. The van der Waals surface area contributed by atoms with E-state index in [4.69, 9.17) is 4.74 Å². The lowest BCUT2D eigenvalue weighted by Crippen LogP contribution is -2.00. The van der Waals surface area contributed by atoms with Gasteiger partial charge in [-0.15, -0.1) is 11.3 Å². The zero-order valence-electron chi connectivity index (χ0n) is 11.9. The number of thiazole rings is 1. The summed E-state index contributed by atoms with van der Waals surface area (Å²) in [7, 11) is 0. The first-order chi connectivity index (χ1) is 11.2. The minimum atomic E-state index is -1.64. The number of hydrogen-bond donors (Lipinski definition) is 1. The van der Waals surface area contributed by atoms with Gasteiger partial charge >= 0.3 is 0 Å². The van der Waals surface area contributed by atoms with E-state index in [9.17, 15) is 9.50 Å². The smallest absolute Gasteiger partial charge is 0.290 e. The van der Waals surface area contributed by atoms with Crippen molar-refractivity contribution in [3.8, 4) is 11.5 Å². The lowest BCUT2D eigenvalue weighted by Gasteiger charge is -2.10. The molecular weight excluding hydrogens is 313 g/mol. The van der Waals surface area contributed by atoms with E-state index in [2.05, 4.69) is 4.98 Å². The molecule has 1 atom stereocenters. The number of rotatable bonds is 3. The van der Waals surface area contributed by atoms with Gasteiger partial charge in [-0.25, -0.2) is 4.98 Å². The summed E-state index contributed by atoms with van der Waals surface area (Å²) in [5.74, 6) is 0.495. The van der Waals surface area contributed by atoms with Crippen LogP contribution in [0.5, 0.6) is 11.5 Å². The van der Waals surface area contributed by atoms with Crippen LogP contribution in [0, 0.1) is 0 Å². The fourth-order valence-corrected chi connectivity index (χ4v) is 3.34. The summed E-state index contributed by atoms with van der Waals surface area (Å²) in [6.07, 6.45) is -1.64. The van der Waals surface area contributed by atoms with Gasteiger partial charge in [0.2, 0.25) is 0 Å². The minimum absolute atomic E-state index is 0.142. The van der Waals surface area contributed by atoms with E-state index in [0.29, 0.717) is 11.1 Å². The topological polar surface area (TPSA) is 42.4 Å². The number of alkyl halides is 1. The zero-order valence-corrected chi connectivity index (χ0v) is 12.8. The van der Waals surface area contributed by atoms with E-state index >= 15 is 0 Å². The van der Waals surface area contributed by atoms with Crippen LogP contribution in [-0.2, 0) is 0 Å². The molecular formula is C18H12FNO2S. The Kier molecular flexibility index (Phi) is 3.35. The summed E-state index contributed by atoms with van der Waals surface area (Å²) in [6.45, 7) is 0. The number of ether oxygens (including phenoxy) is 1. The van der Waals surface area contributed by atoms with Gasteiger partial charge in [0.25, 0.3) is 6.36 Å². The lowest BCUT2D eigenvalue weighted by molar-refractivity contribution is 0.0672. The highest BCUT2D eigenvalue weighted by atomic mass is 32.1. The standard InChI is InChI=1S/C18H12FNO2S/c19-17(18-20-14-5-1-2-7-16(14)23-18)22-12-9-8-11-4-3-6-15(21)13(11)10-12/h1-10,17,21H. The Hall–Kier alpha value is -2.66. The van der Waals surface area contributed by atoms with Crippen molar-refractivity contribution >= 4 is 32.3 Å². The third-order valence-electron chi connectivity index (χ3n) is 3.57. The predicted molar refractivity (Wildman–Crippen MR) is 89.7 cm³/mol. The maximum atomic E-state index is 14.4. The summed E-state index contributed by atoms with van der Waals surface area (Å²) in [4.78, 5) is 4.26. The summed E-state index contributed by atoms with van der Waals surface area (Å²) < 4.78 is 20.7. The molecule has 0 aliphatic heterocycles. The molecule has 0 radical (unpaired) electrons. The number of fused-ring (bicyclic) bond motifs is 2. The van der Waals surface area contributed by atoms with Crippen LogP contribution in [0.15, 0.2) is 60.7 Å². The molecule has 1 N–H and O–H groups in total. The molecule has 4 rings (SSSR count). The first kappa shape index (κ1) is 14.0. The number of phenols is 1. The third kappa shape index (κ3) is 2.59. The highest BCUT2D eigenvalue weighted by Crippen LogP contribution is 2.33. The molecule has 5 heteroatoms. The molecule has 0 spiro atoms. The Morgan fingerprint density at radius 2 is 1.91 bits per heavy atom. The van der Waals surface area contributed by atoms with Crippen LogP contribution in [0.3, 0.4) is 0 Å². The average Bonchev–Trinajstić information content (AvgIpc) is 3.00. The van der Waals surface area contributed by atoms with E-state index in [1.54, 1.807) is 30.3 Å². The maximum absolute atomic E-state index is 14.4. The first-order valence-corrected chi connectivity index (χ1v) is 7.90. The fraction of sp³-hybridized carbons (Fsp3) is 0.0556. The van der Waals surface area contributed by atoms with Crippen molar-refractivity contribution in [3.05, 3.63) is 65.7 Å². The number of aromatic hydroxyl groups is 1. The molecule has 4 aromatic rings. The predicted octanol–water partition coefficient (Wildman–Crippen LogP) is 5.20. The highest BCUT2D eigenvalue weighted by molar-refractivity contribution is 7.18. The Balaban J connectivity index is 1.65. The van der Waals surface area contributed by atoms with Gasteiger partial charge in [0.15, 0.2) is 5.01 Å². The van der Waals surface area contributed by atoms with Crippen molar-refractivity contribution in [2.45, 2.75) is 6.36 Å². The summed E-state index contributed by atoms with van der Waals surface area (Å²) in [6, 6.07) is 17.8. The molecule has 0 aliphatic carbocycles. The van der Waals surface area contributed by atoms with Crippen LogP contribution >= 0.6 is 11.3 Å². The molecule has 0 aliphatic rings. The Morgan fingerprint density at radius 3 is 2.78 bits per heavy atom. The van der Waals surface area contributed by atoms with Gasteiger partial charge < -0.3 is 9.84 Å². The Labute approximate surface area is 135 Å². The average molecular weight is 325 g/mol. The SMILES string of the molecule is Oc1cccc2ccc(OC(F)c3nc4ccccc4s3)cc12. The number of hydrogen-bond acceptors (Lipinski definition) is 4. The van der Waals surface area contributed by atoms with Crippen molar-refractivity contribution in [1.82, 2.24) is 4.98 Å². The second-order valence-electron chi connectivity index (χ2n) is 5.11. The largest absolute Gasteiger partial charge is 0.507 e. The monoisotopic (exact) mass is 325 g/mol. The van der Waals surface area contributed by atoms with Gasteiger partial charge in [0, 0.05) is 5.39 Å². The third-order valence-corrected chi connectivity index (χ3v) is 4.63. The van der Waals surface area contributed by atoms with Crippen LogP contribution < -0.4 is 4.74 Å². The van der Waals surface area contributed by atoms with Crippen LogP contribution in [0.25, 0.3) is 21.0 Å². The van der Waals surface area contributed by atoms with Crippen molar-refractivity contribution in [2.75, 3.05) is 0 Å². The maximum Gasteiger partial charge on any atom is 0.290 e. The summed E-state index contributed by atoms with van der Waals surface area (Å²) in [5.41, 5.74) is 0.759. The lowest BCUT2D eigenvalue weighted by atomic mass is 10.1. The van der Waals surface area contributed by atoms with Gasteiger partial charge in [0.05, 0.1) is 10.2 Å². The number of aromatic nitrogens is 1. The molecule has 3 nitrogen and oxygen atoms in total. The number of halogens is 1. The van der Waals surface area contributed by atoms with E-state index in [1.807, 2.05) is 30.3 Å². The minimum Gasteiger partial charge on any atom is -0.507 e. The van der Waals surface area contributed by atoms with Gasteiger partial charge in [-0.05, 0) is 35.7 Å². The van der Waals surface area contributed by atoms with Crippen molar-refractivity contribution in [1.29, 1.82) is 0 Å². The summed E-state index contributed by atoms with van der Waals surface area (Å²) >= 11 is 1.27. The molecule has 3 aromatic carbocycles. The molecule has 1 unspecified atom stereocenters. The van der Waals surface area contributed by atoms with E-state index in [0.717, 1.165) is 15.6 Å². The highest BCUT2D eigenvalue weighted by Gasteiger charge is 2.17. The van der Waals surface area contributed by atoms with Gasteiger partial charge in [-0.3, -0.25) is 0 Å². The molecule has 1 aromatic heterocycles. The molecule has 0 saturated heterocycles.